The van der Waals surface area contributed by atoms with Crippen LogP contribution < -0.4 is 19.5 Å². The van der Waals surface area contributed by atoms with E-state index in [-0.39, 0.29) is 5.57 Å². The predicted octanol–water partition coefficient (Wildman–Crippen LogP) is 3.26. The van der Waals surface area contributed by atoms with E-state index in [0.29, 0.717) is 28.5 Å². The summed E-state index contributed by atoms with van der Waals surface area (Å²) in [6, 6.07) is 13.9. The van der Waals surface area contributed by atoms with Crippen LogP contribution in [0.4, 0.5) is 5.69 Å². The third-order valence-corrected chi connectivity index (χ3v) is 3.45. The molecule has 0 atom stereocenters. The van der Waals surface area contributed by atoms with Crippen LogP contribution in [0.5, 0.6) is 17.2 Å². The Kier molecular flexibility index (Phi) is 6.02. The lowest BCUT2D eigenvalue weighted by molar-refractivity contribution is -0.112. The Bertz CT molecular complexity index is 820. The number of carbonyl (C=O) groups excluding carboxylic acids is 1. The second-order valence-electron chi connectivity index (χ2n) is 4.96. The molecule has 6 nitrogen and oxygen atoms in total. The Morgan fingerprint density at radius 2 is 1.64 bits per heavy atom. The third kappa shape index (κ3) is 4.52. The van der Waals surface area contributed by atoms with Crippen LogP contribution in [0.15, 0.2) is 48.0 Å². The molecule has 2 aromatic rings. The lowest BCUT2D eigenvalue weighted by Crippen LogP contribution is -2.13. The molecule has 1 N–H and O–H groups in total. The molecular weight excluding hydrogens is 320 g/mol. The van der Waals surface area contributed by atoms with Gasteiger partial charge in [0.2, 0.25) is 0 Å². The highest BCUT2D eigenvalue weighted by Gasteiger charge is 2.12. The Morgan fingerprint density at radius 1 is 1.00 bits per heavy atom. The minimum Gasteiger partial charge on any atom is -0.497 e. The summed E-state index contributed by atoms with van der Waals surface area (Å²) in [5, 5.41) is 12.0. The van der Waals surface area contributed by atoms with Gasteiger partial charge in [-0.05, 0) is 48.5 Å². The molecule has 0 aliphatic heterocycles. The van der Waals surface area contributed by atoms with Gasteiger partial charge in [0.05, 0.1) is 21.3 Å². The number of rotatable bonds is 6. The first-order valence-electron chi connectivity index (χ1n) is 7.40. The highest BCUT2D eigenvalue weighted by molar-refractivity contribution is 6.09. The number of methoxy groups -OCH3 is 3. The molecule has 0 aliphatic carbocycles. The molecule has 0 unspecified atom stereocenters. The molecule has 2 aromatic carbocycles. The average Bonchev–Trinajstić information content (AvgIpc) is 2.66. The lowest BCUT2D eigenvalue weighted by atomic mass is 10.1. The van der Waals surface area contributed by atoms with Gasteiger partial charge in [0.25, 0.3) is 5.91 Å². The SMILES string of the molecule is COc1ccc(NC(=O)/C(C#N)=C\c2cc(OC)ccc2OC)cc1. The first kappa shape index (κ1) is 17.9. The summed E-state index contributed by atoms with van der Waals surface area (Å²) in [4.78, 5) is 12.4. The maximum Gasteiger partial charge on any atom is 0.266 e. The second-order valence-corrected chi connectivity index (χ2v) is 4.96. The summed E-state index contributed by atoms with van der Waals surface area (Å²) in [6.45, 7) is 0. The Labute approximate surface area is 146 Å². The largest absolute Gasteiger partial charge is 0.497 e. The number of anilines is 1. The number of nitrogens with zero attached hydrogens (tertiary/aromatic N) is 1. The molecule has 0 bridgehead atoms. The van der Waals surface area contributed by atoms with Crippen LogP contribution >= 0.6 is 0 Å². The first-order valence-corrected chi connectivity index (χ1v) is 7.40. The zero-order valence-corrected chi connectivity index (χ0v) is 14.2. The maximum absolute atomic E-state index is 12.4. The Morgan fingerprint density at radius 3 is 2.20 bits per heavy atom. The highest BCUT2D eigenvalue weighted by Crippen LogP contribution is 2.26. The highest BCUT2D eigenvalue weighted by atomic mass is 16.5. The van der Waals surface area contributed by atoms with Crippen molar-refractivity contribution in [1.29, 1.82) is 5.26 Å². The molecule has 0 radical (unpaired) electrons. The smallest absolute Gasteiger partial charge is 0.266 e. The summed E-state index contributed by atoms with van der Waals surface area (Å²) in [5.41, 5.74) is 1.08. The van der Waals surface area contributed by atoms with Gasteiger partial charge in [-0.2, -0.15) is 5.26 Å². The number of ether oxygens (including phenoxy) is 3. The summed E-state index contributed by atoms with van der Waals surface area (Å²) in [5.74, 6) is 1.29. The number of hydrogen-bond donors (Lipinski definition) is 1. The Hall–Kier alpha value is -3.46. The van der Waals surface area contributed by atoms with E-state index in [1.165, 1.54) is 20.3 Å². The van der Waals surface area contributed by atoms with Gasteiger partial charge < -0.3 is 19.5 Å². The topological polar surface area (TPSA) is 80.6 Å². The van der Waals surface area contributed by atoms with Crippen LogP contribution in [-0.2, 0) is 4.79 Å². The summed E-state index contributed by atoms with van der Waals surface area (Å²) >= 11 is 0. The molecule has 0 spiro atoms. The molecule has 0 saturated carbocycles. The number of hydrogen-bond acceptors (Lipinski definition) is 5. The van der Waals surface area contributed by atoms with Crippen molar-refractivity contribution in [1.82, 2.24) is 0 Å². The van der Waals surface area contributed by atoms with Crippen molar-refractivity contribution in [2.75, 3.05) is 26.6 Å². The monoisotopic (exact) mass is 338 g/mol. The fraction of sp³-hybridized carbons (Fsp3) is 0.158. The van der Waals surface area contributed by atoms with Gasteiger partial charge in [-0.25, -0.2) is 0 Å². The molecular formula is C19H18N2O4. The predicted molar refractivity (Wildman–Crippen MR) is 94.8 cm³/mol. The molecule has 0 heterocycles. The molecule has 0 saturated heterocycles. The minimum absolute atomic E-state index is 0.0534. The quantitative estimate of drug-likeness (QED) is 0.646. The summed E-state index contributed by atoms with van der Waals surface area (Å²) in [7, 11) is 4.62. The van der Waals surface area contributed by atoms with Gasteiger partial charge in [0.1, 0.15) is 28.9 Å². The zero-order valence-electron chi connectivity index (χ0n) is 14.2. The molecule has 128 valence electrons. The van der Waals surface area contributed by atoms with Crippen LogP contribution in [0, 0.1) is 11.3 Å². The van der Waals surface area contributed by atoms with Gasteiger partial charge >= 0.3 is 0 Å². The lowest BCUT2D eigenvalue weighted by Gasteiger charge is -2.09. The van der Waals surface area contributed by atoms with Gasteiger partial charge in [-0.1, -0.05) is 0 Å². The van der Waals surface area contributed by atoms with Crippen molar-refractivity contribution in [2.24, 2.45) is 0 Å². The van der Waals surface area contributed by atoms with E-state index in [2.05, 4.69) is 5.32 Å². The van der Waals surface area contributed by atoms with Crippen molar-refractivity contribution >= 4 is 17.7 Å². The van der Waals surface area contributed by atoms with E-state index >= 15 is 0 Å². The van der Waals surface area contributed by atoms with E-state index in [9.17, 15) is 10.1 Å². The van der Waals surface area contributed by atoms with Crippen molar-refractivity contribution in [3.05, 3.63) is 53.6 Å². The van der Waals surface area contributed by atoms with Gasteiger partial charge in [-0.3, -0.25) is 4.79 Å². The van der Waals surface area contributed by atoms with Crippen molar-refractivity contribution < 1.29 is 19.0 Å². The first-order chi connectivity index (χ1) is 12.1. The van der Waals surface area contributed by atoms with Crippen LogP contribution in [0.1, 0.15) is 5.56 Å². The fourth-order valence-corrected chi connectivity index (χ4v) is 2.13. The van der Waals surface area contributed by atoms with Crippen LogP contribution in [0.2, 0.25) is 0 Å². The van der Waals surface area contributed by atoms with Crippen molar-refractivity contribution in [3.8, 4) is 23.3 Å². The fourth-order valence-electron chi connectivity index (χ4n) is 2.13. The van der Waals surface area contributed by atoms with Crippen LogP contribution in [0.25, 0.3) is 6.08 Å². The van der Waals surface area contributed by atoms with Gasteiger partial charge in [0, 0.05) is 11.3 Å². The van der Waals surface area contributed by atoms with E-state index in [4.69, 9.17) is 14.2 Å². The van der Waals surface area contributed by atoms with E-state index < -0.39 is 5.91 Å². The zero-order chi connectivity index (χ0) is 18.2. The Balaban J connectivity index is 2.27. The van der Waals surface area contributed by atoms with E-state index in [1.807, 2.05) is 6.07 Å². The maximum atomic E-state index is 12.4. The van der Waals surface area contributed by atoms with Gasteiger partial charge in [0.15, 0.2) is 0 Å². The van der Waals surface area contributed by atoms with Crippen molar-refractivity contribution in [2.45, 2.75) is 0 Å². The summed E-state index contributed by atoms with van der Waals surface area (Å²) < 4.78 is 15.5. The average molecular weight is 338 g/mol. The van der Waals surface area contributed by atoms with E-state index in [1.54, 1.807) is 49.6 Å². The number of amides is 1. The summed E-state index contributed by atoms with van der Waals surface area (Å²) in [6.07, 6.45) is 1.46. The van der Waals surface area contributed by atoms with Crippen molar-refractivity contribution in [3.63, 3.8) is 0 Å². The number of nitriles is 1. The number of carbonyl (C=O) groups is 1. The molecule has 6 heteroatoms. The standard InChI is InChI=1S/C19H18N2O4/c1-23-16-6-4-15(5-7-16)21-19(22)14(12-20)10-13-11-17(24-2)8-9-18(13)25-3/h4-11H,1-3H3,(H,21,22)/b14-10-. The van der Waals surface area contributed by atoms with Crippen LogP contribution in [0.3, 0.4) is 0 Å². The number of benzene rings is 2. The molecule has 2 rings (SSSR count). The van der Waals surface area contributed by atoms with Gasteiger partial charge in [-0.15, -0.1) is 0 Å². The molecule has 0 aliphatic rings. The van der Waals surface area contributed by atoms with E-state index in [0.717, 1.165) is 0 Å². The molecule has 0 fully saturated rings. The van der Waals surface area contributed by atoms with Crippen LogP contribution in [-0.4, -0.2) is 27.2 Å². The third-order valence-electron chi connectivity index (χ3n) is 3.45. The second kappa shape index (κ2) is 8.41. The normalized spacial score (nSPS) is 10.6. The number of nitrogens with one attached hydrogen (secondary N) is 1. The minimum atomic E-state index is -0.516. The molecule has 0 aromatic heterocycles. The molecule has 25 heavy (non-hydrogen) atoms. The molecule has 1 amide bonds.